The van der Waals surface area contributed by atoms with Crippen LogP contribution in [0, 0.1) is 0 Å². The van der Waals surface area contributed by atoms with E-state index in [0.29, 0.717) is 19.3 Å². The minimum Gasteiger partial charge on any atom is -0.394 e. The number of aliphatic hydroxyl groups excluding tert-OH is 4. The molecule has 4 atom stereocenters. The lowest BCUT2D eigenvalue weighted by atomic mass is 10.00. The summed E-state index contributed by atoms with van der Waals surface area (Å²) in [6.07, 6.45) is 75.3. The van der Waals surface area contributed by atoms with Gasteiger partial charge in [0.25, 0.3) is 0 Å². The molecule has 0 saturated carbocycles. The molecule has 71 heavy (non-hydrogen) atoms. The van der Waals surface area contributed by atoms with Gasteiger partial charge in [-0.2, -0.15) is 0 Å². The Balaban J connectivity index is 3.64. The fraction of sp³-hybridized carbons (Fsp3) is 0.892. The molecule has 0 saturated heterocycles. The van der Waals surface area contributed by atoms with Gasteiger partial charge in [-0.15, -0.1) is 0 Å². The smallest absolute Gasteiger partial charge is 0.249 e. The van der Waals surface area contributed by atoms with Crippen LogP contribution in [-0.2, 0) is 4.79 Å². The Morgan fingerprint density at radius 1 is 0.338 bits per heavy atom. The Morgan fingerprint density at radius 2 is 0.592 bits per heavy atom. The molecule has 0 aromatic carbocycles. The maximum Gasteiger partial charge on any atom is 0.249 e. The van der Waals surface area contributed by atoms with E-state index in [2.05, 4.69) is 55.6 Å². The van der Waals surface area contributed by atoms with Gasteiger partial charge in [0.15, 0.2) is 0 Å². The molecule has 0 rings (SSSR count). The molecule has 5 N–H and O–H groups in total. The first-order chi connectivity index (χ1) is 35.0. The summed E-state index contributed by atoms with van der Waals surface area (Å²) in [7, 11) is 0. The van der Waals surface area contributed by atoms with Gasteiger partial charge in [-0.05, 0) is 64.2 Å². The van der Waals surface area contributed by atoms with Crippen molar-refractivity contribution < 1.29 is 25.2 Å². The second kappa shape index (κ2) is 59.4. The van der Waals surface area contributed by atoms with E-state index >= 15 is 0 Å². The van der Waals surface area contributed by atoms with Crippen molar-refractivity contribution in [2.75, 3.05) is 6.61 Å². The van der Waals surface area contributed by atoms with Gasteiger partial charge >= 0.3 is 0 Å². The van der Waals surface area contributed by atoms with Gasteiger partial charge in [-0.25, -0.2) is 0 Å². The fourth-order valence-electron chi connectivity index (χ4n) is 10.1. The van der Waals surface area contributed by atoms with Crippen molar-refractivity contribution in [3.63, 3.8) is 0 Å². The van der Waals surface area contributed by atoms with Gasteiger partial charge in [-0.3, -0.25) is 4.79 Å². The van der Waals surface area contributed by atoms with E-state index in [1.54, 1.807) is 0 Å². The number of allylic oxidation sites excluding steroid dienone is 6. The zero-order valence-electron chi connectivity index (χ0n) is 47.7. The van der Waals surface area contributed by atoms with Crippen molar-refractivity contribution in [2.45, 2.75) is 366 Å². The highest BCUT2D eigenvalue weighted by atomic mass is 16.3. The lowest BCUT2D eigenvalue weighted by Crippen LogP contribution is -2.53. The third-order valence-electron chi connectivity index (χ3n) is 15.1. The molecule has 0 radical (unpaired) electrons. The number of nitrogens with one attached hydrogen (secondary N) is 1. The predicted molar refractivity (Wildman–Crippen MR) is 311 cm³/mol. The molecule has 0 heterocycles. The SMILES string of the molecule is CCCCCCCCCCCCCCCCCCCC/C=C/CC/C=C/CC/C=C/CCCC(O)C(O)C(CO)NC(=O)C(O)CCCCCCCCCCCCCCCCCCCCCCCCCC. The molecular formula is C65H125NO5. The van der Waals surface area contributed by atoms with Gasteiger partial charge in [0.05, 0.1) is 18.8 Å². The lowest BCUT2D eigenvalue weighted by Gasteiger charge is -2.27. The highest BCUT2D eigenvalue weighted by Crippen LogP contribution is 2.18. The Hall–Kier alpha value is -1.47. The zero-order chi connectivity index (χ0) is 51.6. The van der Waals surface area contributed by atoms with Crippen molar-refractivity contribution in [1.29, 1.82) is 0 Å². The molecule has 4 unspecified atom stereocenters. The highest BCUT2D eigenvalue weighted by molar-refractivity contribution is 5.80. The lowest BCUT2D eigenvalue weighted by molar-refractivity contribution is -0.132. The predicted octanol–water partition coefficient (Wildman–Crippen LogP) is 19.1. The van der Waals surface area contributed by atoms with E-state index < -0.39 is 36.9 Å². The molecule has 0 aromatic heterocycles. The molecule has 0 aliphatic rings. The van der Waals surface area contributed by atoms with Gasteiger partial charge in [0.2, 0.25) is 5.91 Å². The van der Waals surface area contributed by atoms with Crippen molar-refractivity contribution >= 4 is 5.91 Å². The minimum atomic E-state index is -1.29. The number of hydrogen-bond acceptors (Lipinski definition) is 5. The number of hydrogen-bond donors (Lipinski definition) is 5. The summed E-state index contributed by atoms with van der Waals surface area (Å²) in [6, 6.07) is -1.01. The van der Waals surface area contributed by atoms with Crippen molar-refractivity contribution in [1.82, 2.24) is 5.32 Å². The summed E-state index contributed by atoms with van der Waals surface area (Å²) in [5, 5.41) is 44.1. The van der Waals surface area contributed by atoms with Crippen LogP contribution in [0.3, 0.4) is 0 Å². The molecule has 0 bridgehead atoms. The molecule has 1 amide bonds. The quantitative estimate of drug-likeness (QED) is 0.0308. The molecule has 0 aliphatic heterocycles. The first-order valence-corrected chi connectivity index (χ1v) is 31.9. The van der Waals surface area contributed by atoms with Crippen molar-refractivity contribution in [2.24, 2.45) is 0 Å². The van der Waals surface area contributed by atoms with E-state index in [9.17, 15) is 25.2 Å². The van der Waals surface area contributed by atoms with Crippen LogP contribution in [0.2, 0.25) is 0 Å². The standard InChI is InChI=1S/C65H125NO5/c1-3-5-7-9-11-13-15-17-19-21-23-25-27-29-30-31-32-33-34-35-37-38-40-42-44-46-48-50-52-54-56-58-62(68)64(70)61(60-67)66-65(71)63(69)59-57-55-53-51-49-47-45-43-41-39-36-28-26-24-22-20-18-16-14-12-10-8-6-4-2/h35,37,42,44,50,52,61-64,67-70H,3-34,36,38-41,43,45-49,51,53-60H2,1-2H3,(H,66,71)/b37-35+,44-42+,52-50+. The van der Waals surface area contributed by atoms with Gasteiger partial charge in [-0.1, -0.05) is 314 Å². The van der Waals surface area contributed by atoms with E-state index in [1.165, 1.54) is 257 Å². The van der Waals surface area contributed by atoms with Crippen LogP contribution in [0.15, 0.2) is 36.5 Å². The monoisotopic (exact) mass is 1000 g/mol. The van der Waals surface area contributed by atoms with Crippen LogP contribution >= 0.6 is 0 Å². The van der Waals surface area contributed by atoms with E-state index in [1.807, 2.05) is 0 Å². The maximum absolute atomic E-state index is 12.6. The summed E-state index contributed by atoms with van der Waals surface area (Å²) in [4.78, 5) is 12.6. The fourth-order valence-corrected chi connectivity index (χ4v) is 10.1. The average molecular weight is 1000 g/mol. The van der Waals surface area contributed by atoms with Crippen LogP contribution in [0.25, 0.3) is 0 Å². The summed E-state index contributed by atoms with van der Waals surface area (Å²) in [5.74, 6) is -0.594. The first-order valence-electron chi connectivity index (χ1n) is 31.9. The van der Waals surface area contributed by atoms with Crippen LogP contribution in [0.1, 0.15) is 341 Å². The van der Waals surface area contributed by atoms with E-state index in [4.69, 9.17) is 0 Å². The Kier molecular flexibility index (Phi) is 58.2. The Labute approximate surface area is 443 Å². The average Bonchev–Trinajstić information content (AvgIpc) is 3.38. The van der Waals surface area contributed by atoms with E-state index in [-0.39, 0.29) is 0 Å². The molecule has 420 valence electrons. The number of carbonyl (C=O) groups excluding carboxylic acids is 1. The summed E-state index contributed by atoms with van der Waals surface area (Å²) in [5.41, 5.74) is 0. The molecule has 0 aromatic rings. The zero-order valence-corrected chi connectivity index (χ0v) is 47.7. The topological polar surface area (TPSA) is 110 Å². The maximum atomic E-state index is 12.6. The molecular weight excluding hydrogens is 875 g/mol. The third-order valence-corrected chi connectivity index (χ3v) is 15.1. The van der Waals surface area contributed by atoms with Crippen molar-refractivity contribution in [3.8, 4) is 0 Å². The van der Waals surface area contributed by atoms with E-state index in [0.717, 1.165) is 51.4 Å². The molecule has 0 aliphatic carbocycles. The minimum absolute atomic E-state index is 0.362. The van der Waals surface area contributed by atoms with Crippen molar-refractivity contribution in [3.05, 3.63) is 36.5 Å². The Bertz CT molecular complexity index is 1120. The van der Waals surface area contributed by atoms with Gasteiger partial charge < -0.3 is 25.7 Å². The highest BCUT2D eigenvalue weighted by Gasteiger charge is 2.28. The largest absolute Gasteiger partial charge is 0.394 e. The third kappa shape index (κ3) is 53.2. The molecule has 0 fully saturated rings. The van der Waals surface area contributed by atoms with Gasteiger partial charge in [0, 0.05) is 0 Å². The summed E-state index contributed by atoms with van der Waals surface area (Å²) >= 11 is 0. The second-order valence-electron chi connectivity index (χ2n) is 22.1. The number of carbonyl (C=O) groups is 1. The number of aliphatic hydroxyl groups is 4. The van der Waals surface area contributed by atoms with Crippen LogP contribution in [0.4, 0.5) is 0 Å². The second-order valence-corrected chi connectivity index (χ2v) is 22.1. The van der Waals surface area contributed by atoms with Crippen LogP contribution < -0.4 is 5.32 Å². The van der Waals surface area contributed by atoms with Gasteiger partial charge in [0.1, 0.15) is 12.2 Å². The molecule has 6 heteroatoms. The number of unbranched alkanes of at least 4 members (excludes halogenated alkanes) is 44. The summed E-state index contributed by atoms with van der Waals surface area (Å²) in [6.45, 7) is 4.08. The normalized spacial score (nSPS) is 13.8. The summed E-state index contributed by atoms with van der Waals surface area (Å²) < 4.78 is 0. The molecule has 6 nitrogen and oxygen atoms in total. The molecule has 0 spiro atoms. The Morgan fingerprint density at radius 3 is 0.887 bits per heavy atom. The van der Waals surface area contributed by atoms with Crippen LogP contribution in [-0.4, -0.2) is 57.3 Å². The number of rotatable bonds is 59. The van der Waals surface area contributed by atoms with Crippen LogP contribution in [0.5, 0.6) is 0 Å². The first kappa shape index (κ1) is 69.5. The number of amides is 1.